The van der Waals surface area contributed by atoms with E-state index in [-0.39, 0.29) is 15.0 Å². The third kappa shape index (κ3) is 7.63. The predicted molar refractivity (Wildman–Crippen MR) is 133 cm³/mol. The molecule has 0 radical (unpaired) electrons. The van der Waals surface area contributed by atoms with Crippen LogP contribution in [0.4, 0.5) is 5.13 Å². The van der Waals surface area contributed by atoms with Crippen LogP contribution in [0.5, 0.6) is 11.5 Å². The summed E-state index contributed by atoms with van der Waals surface area (Å²) in [6, 6.07) is 14.8. The summed E-state index contributed by atoms with van der Waals surface area (Å²) < 4.78 is 34.2. The lowest BCUT2D eigenvalue weighted by Crippen LogP contribution is -2.13. The lowest BCUT2D eigenvalue weighted by Gasteiger charge is -2.09. The second-order valence-corrected chi connectivity index (χ2v) is 10.8. The number of anilines is 1. The number of carbonyl (C=O) groups excluding carboxylic acids is 1. The number of nitriles is 1. The van der Waals surface area contributed by atoms with Crippen LogP contribution in [-0.4, -0.2) is 44.0 Å². The van der Waals surface area contributed by atoms with E-state index >= 15 is 0 Å². The number of aryl methyl sites for hydroxylation is 2. The predicted octanol–water partition coefficient (Wildman–Crippen LogP) is 3.95. The van der Waals surface area contributed by atoms with E-state index in [1.54, 1.807) is 24.3 Å². The maximum absolute atomic E-state index is 12.4. The molecule has 1 amide bonds. The Morgan fingerprint density at radius 3 is 2.31 bits per heavy atom. The summed E-state index contributed by atoms with van der Waals surface area (Å²) in [7, 11) is -3.53. The van der Waals surface area contributed by atoms with Crippen LogP contribution in [0.3, 0.4) is 0 Å². The summed E-state index contributed by atoms with van der Waals surface area (Å²) in [6.07, 6.45) is 3.11. The number of sulfone groups is 1. The van der Waals surface area contributed by atoms with Gasteiger partial charge >= 0.3 is 0 Å². The molecule has 182 valence electrons. The Labute approximate surface area is 208 Å². The van der Waals surface area contributed by atoms with Gasteiger partial charge < -0.3 is 9.47 Å². The van der Waals surface area contributed by atoms with Gasteiger partial charge in [-0.15, -0.1) is 10.2 Å². The highest BCUT2D eigenvalue weighted by Crippen LogP contribution is 2.21. The first-order valence-corrected chi connectivity index (χ1v) is 13.3. The summed E-state index contributed by atoms with van der Waals surface area (Å²) >= 11 is 0.711. The van der Waals surface area contributed by atoms with Crippen LogP contribution in [0, 0.1) is 25.2 Å². The minimum absolute atomic E-state index is 0.0122. The number of hydrogen-bond donors (Lipinski definition) is 1. The lowest BCUT2D eigenvalue weighted by atomic mass is 10.1. The van der Waals surface area contributed by atoms with Crippen molar-refractivity contribution in [3.63, 3.8) is 0 Å². The van der Waals surface area contributed by atoms with Crippen molar-refractivity contribution in [3.05, 3.63) is 64.7 Å². The molecule has 0 atom stereocenters. The highest BCUT2D eigenvalue weighted by atomic mass is 32.2. The molecule has 0 saturated carbocycles. The summed E-state index contributed by atoms with van der Waals surface area (Å²) in [4.78, 5) is 12.4. The molecule has 0 aliphatic rings. The average molecular weight is 513 g/mol. The molecule has 2 aromatic carbocycles. The summed E-state index contributed by atoms with van der Waals surface area (Å²) in [5.41, 5.74) is 2.86. The zero-order chi connectivity index (χ0) is 25.4. The van der Waals surface area contributed by atoms with Crippen LogP contribution < -0.4 is 14.8 Å². The fraction of sp³-hybridized carbons (Fsp3) is 0.250. The summed E-state index contributed by atoms with van der Waals surface area (Å²) in [5.74, 6) is 0.773. The zero-order valence-corrected chi connectivity index (χ0v) is 21.1. The second-order valence-electron chi connectivity index (χ2n) is 7.63. The van der Waals surface area contributed by atoms with Crippen molar-refractivity contribution in [2.24, 2.45) is 0 Å². The molecule has 1 N–H and O–H groups in total. The highest BCUT2D eigenvalue weighted by molar-refractivity contribution is 7.92. The second kappa shape index (κ2) is 11.6. The molecule has 1 aromatic heterocycles. The quantitative estimate of drug-likeness (QED) is 0.187. The van der Waals surface area contributed by atoms with E-state index in [2.05, 4.69) is 22.4 Å². The van der Waals surface area contributed by atoms with E-state index < -0.39 is 15.7 Å². The van der Waals surface area contributed by atoms with Gasteiger partial charge in [0.05, 0.1) is 13.2 Å². The first-order chi connectivity index (χ1) is 16.7. The third-order valence-corrected chi connectivity index (χ3v) is 7.31. The molecule has 3 aromatic rings. The van der Waals surface area contributed by atoms with E-state index in [9.17, 15) is 18.5 Å². The van der Waals surface area contributed by atoms with Crippen LogP contribution >= 0.6 is 11.3 Å². The van der Waals surface area contributed by atoms with Gasteiger partial charge in [-0.1, -0.05) is 29.5 Å². The fourth-order valence-electron chi connectivity index (χ4n) is 2.79. The SMILES string of the molecule is Cc1ccc(OCCCOc2ccc(/C=C(/C#N)C(=O)Nc3nnc(S(C)(=O)=O)s3)cc2)cc1C. The van der Waals surface area contributed by atoms with Crippen molar-refractivity contribution in [3.8, 4) is 17.6 Å². The Hall–Kier alpha value is -3.75. The zero-order valence-electron chi connectivity index (χ0n) is 19.4. The van der Waals surface area contributed by atoms with Gasteiger partial charge in [0.15, 0.2) is 0 Å². The monoisotopic (exact) mass is 512 g/mol. The van der Waals surface area contributed by atoms with Gasteiger partial charge in [-0.25, -0.2) is 8.42 Å². The number of benzene rings is 2. The topological polar surface area (TPSA) is 131 Å². The van der Waals surface area contributed by atoms with E-state index in [4.69, 9.17) is 9.47 Å². The van der Waals surface area contributed by atoms with E-state index in [1.807, 2.05) is 31.2 Å². The summed E-state index contributed by atoms with van der Waals surface area (Å²) in [5, 5.41) is 18.9. The van der Waals surface area contributed by atoms with Crippen LogP contribution in [0.25, 0.3) is 6.08 Å². The fourth-order valence-corrected chi connectivity index (χ4v) is 4.30. The molecule has 0 saturated heterocycles. The molecule has 11 heteroatoms. The van der Waals surface area contributed by atoms with Crippen molar-refractivity contribution in [1.82, 2.24) is 10.2 Å². The molecule has 9 nitrogen and oxygen atoms in total. The number of nitrogens with one attached hydrogen (secondary N) is 1. The number of carbonyl (C=O) groups is 1. The number of aromatic nitrogens is 2. The van der Waals surface area contributed by atoms with Crippen LogP contribution in [0.2, 0.25) is 0 Å². The molecule has 0 aliphatic carbocycles. The van der Waals surface area contributed by atoms with Crippen molar-refractivity contribution >= 4 is 38.3 Å². The number of ether oxygens (including phenoxy) is 2. The van der Waals surface area contributed by atoms with Crippen LogP contribution in [-0.2, 0) is 14.6 Å². The first kappa shape index (κ1) is 25.9. The standard InChI is InChI=1S/C24H24N4O5S2/c1-16-5-8-21(13-17(16)2)33-12-4-11-32-20-9-6-18(7-10-20)14-19(15-25)22(29)26-23-27-28-24(34-23)35(3,30)31/h5-10,13-14H,4,11-12H2,1-3H3,(H,26,27,29)/b19-14-. The molecule has 1 heterocycles. The van der Waals surface area contributed by atoms with Gasteiger partial charge in [0, 0.05) is 12.7 Å². The molecule has 0 unspecified atom stereocenters. The van der Waals surface area contributed by atoms with Crippen molar-refractivity contribution in [1.29, 1.82) is 5.26 Å². The third-order valence-electron chi connectivity index (χ3n) is 4.80. The molecule has 0 spiro atoms. The maximum atomic E-state index is 12.4. The van der Waals surface area contributed by atoms with E-state index in [0.29, 0.717) is 42.3 Å². The average Bonchev–Trinajstić information content (AvgIpc) is 3.29. The number of nitrogens with zero attached hydrogens (tertiary/aromatic N) is 3. The van der Waals surface area contributed by atoms with Gasteiger partial charge in [-0.3, -0.25) is 10.1 Å². The lowest BCUT2D eigenvalue weighted by molar-refractivity contribution is -0.112. The molecule has 35 heavy (non-hydrogen) atoms. The van der Waals surface area contributed by atoms with Gasteiger partial charge in [0.25, 0.3) is 5.91 Å². The molecule has 0 bridgehead atoms. The largest absolute Gasteiger partial charge is 0.493 e. The van der Waals surface area contributed by atoms with Gasteiger partial charge in [-0.2, -0.15) is 5.26 Å². The van der Waals surface area contributed by atoms with E-state index in [0.717, 1.165) is 12.0 Å². The first-order valence-electron chi connectivity index (χ1n) is 10.6. The smallest absolute Gasteiger partial charge is 0.268 e. The Balaban J connectivity index is 1.49. The molecule has 0 aliphatic heterocycles. The van der Waals surface area contributed by atoms with Crippen molar-refractivity contribution in [2.45, 2.75) is 24.6 Å². The van der Waals surface area contributed by atoms with Gasteiger partial charge in [-0.05, 0) is 60.9 Å². The van der Waals surface area contributed by atoms with E-state index in [1.165, 1.54) is 17.2 Å². The normalized spacial score (nSPS) is 11.5. The molecular weight excluding hydrogens is 488 g/mol. The Morgan fingerprint density at radius 1 is 1.06 bits per heavy atom. The van der Waals surface area contributed by atoms with Gasteiger partial charge in [0.1, 0.15) is 23.1 Å². The maximum Gasteiger partial charge on any atom is 0.268 e. The number of amides is 1. The minimum atomic E-state index is -3.53. The van der Waals surface area contributed by atoms with Gasteiger partial charge in [0.2, 0.25) is 19.3 Å². The Bertz CT molecular complexity index is 1370. The Morgan fingerprint density at radius 2 is 1.71 bits per heavy atom. The molecule has 3 rings (SSSR count). The number of hydrogen-bond acceptors (Lipinski definition) is 9. The van der Waals surface area contributed by atoms with Crippen LogP contribution in [0.1, 0.15) is 23.1 Å². The number of rotatable bonds is 10. The minimum Gasteiger partial charge on any atom is -0.493 e. The van der Waals surface area contributed by atoms with Crippen LogP contribution in [0.15, 0.2) is 52.4 Å². The summed E-state index contributed by atoms with van der Waals surface area (Å²) in [6.45, 7) is 5.11. The Kier molecular flexibility index (Phi) is 8.57. The molecule has 0 fully saturated rings. The van der Waals surface area contributed by atoms with Crippen molar-refractivity contribution < 1.29 is 22.7 Å². The molecular formula is C24H24N4O5S2. The van der Waals surface area contributed by atoms with Crippen molar-refractivity contribution in [2.75, 3.05) is 24.8 Å². The highest BCUT2D eigenvalue weighted by Gasteiger charge is 2.17.